The maximum absolute atomic E-state index is 12.2. The number of alkyl halides is 2. The molecule has 13 heavy (non-hydrogen) atoms. The Balaban J connectivity index is 3.39. The molecule has 0 aliphatic rings. The average molecular weight is 190 g/mol. The summed E-state index contributed by atoms with van der Waals surface area (Å²) in [5, 5.41) is 0. The first-order valence-electron chi connectivity index (χ1n) is 3.41. The first-order chi connectivity index (χ1) is 6.07. The van der Waals surface area contributed by atoms with Crippen LogP contribution in [0.4, 0.5) is 14.5 Å². The normalized spacial score (nSPS) is 10.5. The number of aromatic amines is 1. The number of H-pyrrole nitrogens is 1. The van der Waals surface area contributed by atoms with Crippen LogP contribution in [0.1, 0.15) is 12.1 Å². The smallest absolute Gasteiger partial charge is 0.282 e. The Hall–Kier alpha value is -1.59. The van der Waals surface area contributed by atoms with Crippen LogP contribution in [0.2, 0.25) is 0 Å². The van der Waals surface area contributed by atoms with Gasteiger partial charge >= 0.3 is 0 Å². The lowest BCUT2D eigenvalue weighted by molar-refractivity contribution is 0.141. The molecule has 72 valence electrons. The Bertz CT molecular complexity index is 362. The maximum atomic E-state index is 12.2. The van der Waals surface area contributed by atoms with Gasteiger partial charge in [-0.15, -0.1) is 0 Å². The van der Waals surface area contributed by atoms with Crippen molar-refractivity contribution >= 4 is 5.69 Å². The lowest BCUT2D eigenvalue weighted by Crippen LogP contribution is -2.14. The van der Waals surface area contributed by atoms with Gasteiger partial charge in [0.1, 0.15) is 5.69 Å². The van der Waals surface area contributed by atoms with E-state index in [4.69, 9.17) is 5.73 Å². The van der Waals surface area contributed by atoms with E-state index < -0.39 is 23.3 Å². The maximum Gasteiger partial charge on any atom is 0.282 e. The number of rotatable bonds is 2. The van der Waals surface area contributed by atoms with Crippen LogP contribution < -0.4 is 15.9 Å². The number of anilines is 1. The summed E-state index contributed by atoms with van der Waals surface area (Å²) in [5.41, 5.74) is 3.77. The number of halogens is 2. The SMILES string of the molecule is COc1c(C(F)F)[nH]cc(N)c1=O. The van der Waals surface area contributed by atoms with Gasteiger partial charge in [-0.2, -0.15) is 0 Å². The molecule has 0 unspecified atom stereocenters. The highest BCUT2D eigenvalue weighted by atomic mass is 19.3. The molecule has 3 N–H and O–H groups in total. The molecule has 0 aliphatic heterocycles. The van der Waals surface area contributed by atoms with Crippen molar-refractivity contribution in [2.45, 2.75) is 6.43 Å². The molecule has 0 bridgehead atoms. The van der Waals surface area contributed by atoms with E-state index >= 15 is 0 Å². The van der Waals surface area contributed by atoms with Crippen LogP contribution >= 0.6 is 0 Å². The molecule has 1 rings (SSSR count). The molecular weight excluding hydrogens is 182 g/mol. The minimum atomic E-state index is -2.79. The van der Waals surface area contributed by atoms with Crippen molar-refractivity contribution in [2.24, 2.45) is 0 Å². The highest BCUT2D eigenvalue weighted by Crippen LogP contribution is 2.23. The predicted octanol–water partition coefficient (Wildman–Crippen LogP) is 0.903. The molecule has 0 radical (unpaired) electrons. The molecule has 0 saturated heterocycles. The number of hydrogen-bond acceptors (Lipinski definition) is 3. The van der Waals surface area contributed by atoms with E-state index in [1.807, 2.05) is 0 Å². The fourth-order valence-corrected chi connectivity index (χ4v) is 0.905. The van der Waals surface area contributed by atoms with Crippen LogP contribution in [0.3, 0.4) is 0 Å². The van der Waals surface area contributed by atoms with E-state index in [-0.39, 0.29) is 5.69 Å². The summed E-state index contributed by atoms with van der Waals surface area (Å²) in [5.74, 6) is -0.435. The molecule has 1 aromatic heterocycles. The zero-order chi connectivity index (χ0) is 10.0. The molecule has 0 aliphatic carbocycles. The Morgan fingerprint density at radius 3 is 2.69 bits per heavy atom. The fraction of sp³-hybridized carbons (Fsp3) is 0.286. The Kier molecular flexibility index (Phi) is 2.50. The van der Waals surface area contributed by atoms with Gasteiger partial charge in [0.2, 0.25) is 5.43 Å². The molecule has 4 nitrogen and oxygen atoms in total. The number of hydrogen-bond donors (Lipinski definition) is 2. The molecule has 6 heteroatoms. The highest BCUT2D eigenvalue weighted by molar-refractivity contribution is 5.44. The van der Waals surface area contributed by atoms with Gasteiger partial charge in [0.05, 0.1) is 12.8 Å². The molecule has 1 heterocycles. The standard InChI is InChI=1S/C7H8F2N2O2/c1-13-6-4(7(8)9)11-2-3(10)5(6)12/h2,7H,10H2,1H3,(H,11,12). The Morgan fingerprint density at radius 2 is 2.23 bits per heavy atom. The summed E-state index contributed by atoms with van der Waals surface area (Å²) in [6, 6.07) is 0. The van der Waals surface area contributed by atoms with Crippen LogP contribution in [0, 0.1) is 0 Å². The molecule has 0 saturated carbocycles. The van der Waals surface area contributed by atoms with Gasteiger partial charge in [-0.3, -0.25) is 4.79 Å². The van der Waals surface area contributed by atoms with Gasteiger partial charge in [0.15, 0.2) is 5.75 Å². The number of pyridine rings is 1. The molecule has 0 fully saturated rings. The number of methoxy groups -OCH3 is 1. The van der Waals surface area contributed by atoms with Crippen molar-refractivity contribution in [2.75, 3.05) is 12.8 Å². The van der Waals surface area contributed by atoms with E-state index in [0.717, 1.165) is 13.3 Å². The van der Waals surface area contributed by atoms with Crippen molar-refractivity contribution < 1.29 is 13.5 Å². The second-order valence-electron chi connectivity index (χ2n) is 2.32. The van der Waals surface area contributed by atoms with Gasteiger partial charge in [0, 0.05) is 6.20 Å². The molecular formula is C7H8F2N2O2. The third kappa shape index (κ3) is 1.61. The van der Waals surface area contributed by atoms with Crippen molar-refractivity contribution in [3.8, 4) is 5.75 Å². The first-order valence-corrected chi connectivity index (χ1v) is 3.41. The van der Waals surface area contributed by atoms with E-state index in [1.54, 1.807) is 0 Å². The van der Waals surface area contributed by atoms with Crippen LogP contribution in [0.5, 0.6) is 5.75 Å². The summed E-state index contributed by atoms with van der Waals surface area (Å²) in [6.45, 7) is 0. The quantitative estimate of drug-likeness (QED) is 0.728. The molecule has 0 amide bonds. The van der Waals surface area contributed by atoms with E-state index in [2.05, 4.69) is 9.72 Å². The average Bonchev–Trinajstić information content (AvgIpc) is 2.09. The number of nitrogens with one attached hydrogen (secondary N) is 1. The summed E-state index contributed by atoms with van der Waals surface area (Å²) < 4.78 is 29.0. The third-order valence-corrected chi connectivity index (χ3v) is 1.52. The van der Waals surface area contributed by atoms with Gasteiger partial charge in [-0.1, -0.05) is 0 Å². The Labute approximate surface area is 72.3 Å². The molecule has 0 spiro atoms. The van der Waals surface area contributed by atoms with Crippen LogP contribution in [-0.2, 0) is 0 Å². The number of nitrogens with two attached hydrogens (primary N) is 1. The largest absolute Gasteiger partial charge is 0.491 e. The zero-order valence-corrected chi connectivity index (χ0v) is 6.80. The van der Waals surface area contributed by atoms with Gasteiger partial charge < -0.3 is 15.5 Å². The second-order valence-corrected chi connectivity index (χ2v) is 2.32. The number of nitrogen functional groups attached to an aromatic ring is 1. The van der Waals surface area contributed by atoms with Gasteiger partial charge in [-0.25, -0.2) is 8.78 Å². The summed E-state index contributed by atoms with van der Waals surface area (Å²) in [4.78, 5) is 13.3. The topological polar surface area (TPSA) is 68.1 Å². The molecule has 1 aromatic rings. The lowest BCUT2D eigenvalue weighted by Gasteiger charge is -2.06. The summed E-state index contributed by atoms with van der Waals surface area (Å²) in [7, 11) is 1.13. The van der Waals surface area contributed by atoms with E-state index in [9.17, 15) is 13.6 Å². The second kappa shape index (κ2) is 3.42. The van der Waals surface area contributed by atoms with Crippen LogP contribution in [-0.4, -0.2) is 12.1 Å². The lowest BCUT2D eigenvalue weighted by atomic mass is 10.3. The predicted molar refractivity (Wildman–Crippen MR) is 43.0 cm³/mol. The minimum Gasteiger partial charge on any atom is -0.491 e. The fourth-order valence-electron chi connectivity index (χ4n) is 0.905. The van der Waals surface area contributed by atoms with E-state index in [1.165, 1.54) is 0 Å². The van der Waals surface area contributed by atoms with Crippen molar-refractivity contribution in [3.05, 3.63) is 22.1 Å². The van der Waals surface area contributed by atoms with Crippen molar-refractivity contribution in [1.29, 1.82) is 0 Å². The van der Waals surface area contributed by atoms with Crippen LogP contribution in [0.25, 0.3) is 0 Å². The van der Waals surface area contributed by atoms with E-state index in [0.29, 0.717) is 0 Å². The Morgan fingerprint density at radius 1 is 1.62 bits per heavy atom. The zero-order valence-electron chi connectivity index (χ0n) is 6.80. The molecule has 0 atom stereocenters. The minimum absolute atomic E-state index is 0.152. The molecule has 0 aromatic carbocycles. The number of ether oxygens (including phenoxy) is 1. The first kappa shape index (κ1) is 9.50. The monoisotopic (exact) mass is 190 g/mol. The van der Waals surface area contributed by atoms with Crippen molar-refractivity contribution in [3.63, 3.8) is 0 Å². The van der Waals surface area contributed by atoms with Gasteiger partial charge in [0.25, 0.3) is 6.43 Å². The highest BCUT2D eigenvalue weighted by Gasteiger charge is 2.18. The third-order valence-electron chi connectivity index (χ3n) is 1.52. The number of aromatic nitrogens is 1. The summed E-state index contributed by atoms with van der Waals surface area (Å²) >= 11 is 0. The van der Waals surface area contributed by atoms with Crippen LogP contribution in [0.15, 0.2) is 11.0 Å². The van der Waals surface area contributed by atoms with Gasteiger partial charge in [-0.05, 0) is 0 Å². The van der Waals surface area contributed by atoms with Crippen molar-refractivity contribution in [1.82, 2.24) is 4.98 Å². The summed E-state index contributed by atoms with van der Waals surface area (Å²) in [6.07, 6.45) is -1.77.